The summed E-state index contributed by atoms with van der Waals surface area (Å²) in [5.41, 5.74) is 3.53. The normalized spacial score (nSPS) is 18.1. The van der Waals surface area contributed by atoms with Gasteiger partial charge in [-0.05, 0) is 47.9 Å². The molecule has 0 aliphatic carbocycles. The molecular weight excluding hydrogens is 348 g/mol. The van der Waals surface area contributed by atoms with Gasteiger partial charge in [-0.1, -0.05) is 18.2 Å². The zero-order chi connectivity index (χ0) is 17.9. The van der Waals surface area contributed by atoms with Gasteiger partial charge in [0.2, 0.25) is 0 Å². The number of aryl methyl sites for hydroxylation is 1. The Hall–Kier alpha value is -1.89. The second-order valence-corrected chi connectivity index (χ2v) is 7.97. The Balaban J connectivity index is 1.28. The van der Waals surface area contributed by atoms with E-state index in [-0.39, 0.29) is 12.7 Å². The number of rotatable bonds is 4. The summed E-state index contributed by atoms with van der Waals surface area (Å²) in [6.07, 6.45) is 1.92. The largest absolute Gasteiger partial charge is 0.446 e. The van der Waals surface area contributed by atoms with E-state index >= 15 is 0 Å². The van der Waals surface area contributed by atoms with Gasteiger partial charge in [-0.2, -0.15) is 0 Å². The minimum absolute atomic E-state index is 0.0330. The van der Waals surface area contributed by atoms with Crippen molar-refractivity contribution in [2.45, 2.75) is 31.9 Å². The summed E-state index contributed by atoms with van der Waals surface area (Å²) in [5.74, 6) is 0. The highest BCUT2D eigenvalue weighted by Gasteiger charge is 2.25. The minimum Gasteiger partial charge on any atom is -0.446 e. The summed E-state index contributed by atoms with van der Waals surface area (Å²) in [4.78, 5) is 17.8. The van der Waals surface area contributed by atoms with Crippen LogP contribution in [0.1, 0.15) is 22.4 Å². The van der Waals surface area contributed by atoms with Crippen molar-refractivity contribution in [2.75, 3.05) is 31.1 Å². The summed E-state index contributed by atoms with van der Waals surface area (Å²) >= 11 is 1.77. The molecule has 1 amide bonds. The van der Waals surface area contributed by atoms with E-state index in [1.165, 1.54) is 16.0 Å². The van der Waals surface area contributed by atoms with E-state index in [0.29, 0.717) is 13.1 Å². The van der Waals surface area contributed by atoms with Crippen LogP contribution in [0.15, 0.2) is 35.7 Å². The van der Waals surface area contributed by atoms with Crippen LogP contribution in [0.4, 0.5) is 10.5 Å². The van der Waals surface area contributed by atoms with Crippen molar-refractivity contribution < 1.29 is 14.6 Å². The SMILES string of the molecule is O=C(OCC(O)CN1CCc2ccsc2C1)N1CCCc2ccccc21. The lowest BCUT2D eigenvalue weighted by molar-refractivity contribution is 0.0431. The maximum absolute atomic E-state index is 12.5. The van der Waals surface area contributed by atoms with E-state index in [4.69, 9.17) is 4.74 Å². The molecule has 26 heavy (non-hydrogen) atoms. The number of benzene rings is 1. The number of carbonyl (C=O) groups is 1. The fourth-order valence-electron chi connectivity index (χ4n) is 3.76. The van der Waals surface area contributed by atoms with E-state index < -0.39 is 6.10 Å². The Morgan fingerprint density at radius 2 is 2.08 bits per heavy atom. The molecule has 1 aromatic carbocycles. The van der Waals surface area contributed by atoms with Gasteiger partial charge in [0.25, 0.3) is 0 Å². The molecule has 2 aromatic rings. The van der Waals surface area contributed by atoms with Crippen LogP contribution in [0.5, 0.6) is 0 Å². The van der Waals surface area contributed by atoms with Crippen molar-refractivity contribution in [3.05, 3.63) is 51.7 Å². The van der Waals surface area contributed by atoms with Crippen LogP contribution < -0.4 is 4.90 Å². The number of fused-ring (bicyclic) bond motifs is 2. The molecule has 1 unspecified atom stereocenters. The number of β-amino-alcohol motifs (C(OH)–C–C–N with tert-alkyl or cyclic N) is 1. The first-order valence-electron chi connectivity index (χ1n) is 9.18. The molecule has 0 saturated heterocycles. The molecule has 138 valence electrons. The van der Waals surface area contributed by atoms with E-state index in [2.05, 4.69) is 22.4 Å². The summed E-state index contributed by atoms with van der Waals surface area (Å²) in [6.45, 7) is 3.04. The zero-order valence-electron chi connectivity index (χ0n) is 14.8. The second-order valence-electron chi connectivity index (χ2n) is 6.97. The number of nitrogens with zero attached hydrogens (tertiary/aromatic N) is 2. The van der Waals surface area contributed by atoms with Gasteiger partial charge < -0.3 is 9.84 Å². The molecule has 1 N–H and O–H groups in total. The lowest BCUT2D eigenvalue weighted by Gasteiger charge is -2.30. The molecule has 2 aliphatic heterocycles. The summed E-state index contributed by atoms with van der Waals surface area (Å²) in [7, 11) is 0. The number of aliphatic hydroxyl groups excluding tert-OH is 1. The van der Waals surface area contributed by atoms with Gasteiger partial charge in [0, 0.05) is 31.1 Å². The molecule has 1 atom stereocenters. The molecule has 0 spiro atoms. The van der Waals surface area contributed by atoms with Crippen LogP contribution in [0, 0.1) is 0 Å². The third kappa shape index (κ3) is 3.77. The summed E-state index contributed by atoms with van der Waals surface area (Å²) in [6, 6.07) is 10.1. The van der Waals surface area contributed by atoms with Gasteiger partial charge in [0.15, 0.2) is 0 Å². The van der Waals surface area contributed by atoms with Crippen molar-refractivity contribution in [2.24, 2.45) is 0 Å². The minimum atomic E-state index is -0.666. The van der Waals surface area contributed by atoms with Gasteiger partial charge in [0.05, 0.1) is 5.69 Å². The maximum atomic E-state index is 12.5. The van der Waals surface area contributed by atoms with Crippen LogP contribution in [0.25, 0.3) is 0 Å². The molecule has 2 aliphatic rings. The number of hydrogen-bond acceptors (Lipinski definition) is 5. The van der Waals surface area contributed by atoms with Crippen LogP contribution in [0.2, 0.25) is 0 Å². The fourth-order valence-corrected chi connectivity index (χ4v) is 4.74. The molecule has 1 aromatic heterocycles. The lowest BCUT2D eigenvalue weighted by atomic mass is 10.0. The van der Waals surface area contributed by atoms with E-state index in [9.17, 15) is 9.90 Å². The van der Waals surface area contributed by atoms with Gasteiger partial charge in [-0.3, -0.25) is 9.80 Å². The van der Waals surface area contributed by atoms with Gasteiger partial charge in [-0.25, -0.2) is 4.79 Å². The molecule has 0 fully saturated rings. The number of carbonyl (C=O) groups excluding carboxylic acids is 1. The maximum Gasteiger partial charge on any atom is 0.414 e. The Morgan fingerprint density at radius 3 is 3.00 bits per heavy atom. The number of hydrogen-bond donors (Lipinski definition) is 1. The number of anilines is 1. The molecule has 0 bridgehead atoms. The molecule has 0 radical (unpaired) electrons. The van der Waals surface area contributed by atoms with Crippen LogP contribution in [0.3, 0.4) is 0 Å². The Kier molecular flexibility index (Phi) is 5.24. The third-order valence-corrected chi connectivity index (χ3v) is 6.05. The quantitative estimate of drug-likeness (QED) is 0.896. The highest BCUT2D eigenvalue weighted by Crippen LogP contribution is 2.27. The van der Waals surface area contributed by atoms with Crippen molar-refractivity contribution in [1.29, 1.82) is 0 Å². The number of para-hydroxylation sites is 1. The lowest BCUT2D eigenvalue weighted by Crippen LogP contribution is -2.40. The first-order chi connectivity index (χ1) is 12.7. The molecule has 4 rings (SSSR count). The van der Waals surface area contributed by atoms with Crippen LogP contribution in [-0.4, -0.2) is 48.4 Å². The molecule has 6 heteroatoms. The number of thiophene rings is 1. The van der Waals surface area contributed by atoms with Gasteiger partial charge >= 0.3 is 6.09 Å². The van der Waals surface area contributed by atoms with E-state index in [1.54, 1.807) is 16.2 Å². The number of amides is 1. The zero-order valence-corrected chi connectivity index (χ0v) is 15.6. The molecule has 5 nitrogen and oxygen atoms in total. The Labute approximate surface area is 157 Å². The Morgan fingerprint density at radius 1 is 1.19 bits per heavy atom. The van der Waals surface area contributed by atoms with Crippen molar-refractivity contribution in [3.63, 3.8) is 0 Å². The molecule has 3 heterocycles. The fraction of sp³-hybridized carbons (Fsp3) is 0.450. The number of aliphatic hydroxyl groups is 1. The first kappa shape index (κ1) is 17.5. The van der Waals surface area contributed by atoms with Crippen molar-refractivity contribution >= 4 is 23.1 Å². The second kappa shape index (κ2) is 7.78. The van der Waals surface area contributed by atoms with E-state index in [1.807, 2.05) is 18.2 Å². The predicted molar refractivity (Wildman–Crippen MR) is 103 cm³/mol. The smallest absolute Gasteiger partial charge is 0.414 e. The highest BCUT2D eigenvalue weighted by molar-refractivity contribution is 7.10. The van der Waals surface area contributed by atoms with Crippen molar-refractivity contribution in [3.8, 4) is 0 Å². The monoisotopic (exact) mass is 372 g/mol. The van der Waals surface area contributed by atoms with Gasteiger partial charge in [0.1, 0.15) is 12.7 Å². The van der Waals surface area contributed by atoms with Crippen LogP contribution in [-0.2, 0) is 24.1 Å². The Bertz CT molecular complexity index is 776. The van der Waals surface area contributed by atoms with Crippen LogP contribution >= 0.6 is 11.3 Å². The first-order valence-corrected chi connectivity index (χ1v) is 10.1. The highest BCUT2D eigenvalue weighted by atomic mass is 32.1. The summed E-state index contributed by atoms with van der Waals surface area (Å²) < 4.78 is 5.41. The average molecular weight is 372 g/mol. The standard InChI is InChI=1S/C20H24N2O3S/c23-17(12-21-10-7-16-8-11-26-19(16)13-21)14-25-20(24)22-9-3-5-15-4-1-2-6-18(15)22/h1-2,4,6,8,11,17,23H,3,5,7,9-10,12-14H2. The van der Waals surface area contributed by atoms with Crippen molar-refractivity contribution in [1.82, 2.24) is 4.90 Å². The number of ether oxygens (including phenoxy) is 1. The van der Waals surface area contributed by atoms with E-state index in [0.717, 1.165) is 38.0 Å². The third-order valence-electron chi connectivity index (χ3n) is 5.10. The average Bonchev–Trinajstić information content (AvgIpc) is 3.13. The van der Waals surface area contributed by atoms with Gasteiger partial charge in [-0.15, -0.1) is 11.3 Å². The summed E-state index contributed by atoms with van der Waals surface area (Å²) in [5, 5.41) is 12.4. The molecular formula is C20H24N2O3S. The predicted octanol–water partition coefficient (Wildman–Crippen LogP) is 3.06. The topological polar surface area (TPSA) is 53.0 Å². The molecule has 0 saturated carbocycles.